The summed E-state index contributed by atoms with van der Waals surface area (Å²) in [7, 11) is 0. The number of halogens is 1. The maximum Gasteiger partial charge on any atom is 0.340 e. The number of aryl methyl sites for hydroxylation is 1. The topological polar surface area (TPSA) is 38.3 Å². The number of carbonyl (C=O) groups is 1. The van der Waals surface area contributed by atoms with Crippen LogP contribution in [0, 0.1) is 12.7 Å². The van der Waals surface area contributed by atoms with Crippen LogP contribution in [0.25, 0.3) is 0 Å². The van der Waals surface area contributed by atoms with Gasteiger partial charge in [0.2, 0.25) is 0 Å². The largest absolute Gasteiger partial charge is 0.441 e. The zero-order chi connectivity index (χ0) is 13.7. The predicted molar refractivity (Wildman–Crippen MR) is 71.5 cm³/mol. The third-order valence-corrected chi connectivity index (χ3v) is 2.70. The normalized spacial score (nSPS) is 10.0. The van der Waals surface area contributed by atoms with E-state index in [1.54, 1.807) is 30.3 Å². The van der Waals surface area contributed by atoms with E-state index in [0.717, 1.165) is 5.56 Å². The van der Waals surface area contributed by atoms with Crippen molar-refractivity contribution in [3.05, 3.63) is 65.5 Å². The number of para-hydroxylation sites is 1. The molecule has 0 amide bonds. The van der Waals surface area contributed by atoms with Crippen LogP contribution in [-0.4, -0.2) is 12.7 Å². The van der Waals surface area contributed by atoms with E-state index in [0.29, 0.717) is 11.3 Å². The molecule has 0 saturated heterocycles. The quantitative estimate of drug-likeness (QED) is 0.676. The fourth-order valence-electron chi connectivity index (χ4n) is 1.66. The first-order valence-electron chi connectivity index (χ1n) is 5.89. The van der Waals surface area contributed by atoms with Gasteiger partial charge in [-0.05, 0) is 30.7 Å². The minimum Gasteiger partial charge on any atom is -0.441 e. The summed E-state index contributed by atoms with van der Waals surface area (Å²) in [4.78, 5) is 11.8. The molecule has 0 atom stereocenters. The van der Waals surface area contributed by atoms with E-state index in [-0.39, 0.29) is 12.5 Å². The third-order valence-electron chi connectivity index (χ3n) is 2.70. The molecule has 0 unspecified atom stereocenters. The van der Waals surface area contributed by atoms with E-state index in [9.17, 15) is 9.18 Å². The van der Waals surface area contributed by atoms with Crippen LogP contribution in [0.1, 0.15) is 15.9 Å². The van der Waals surface area contributed by atoms with Gasteiger partial charge in [-0.3, -0.25) is 0 Å². The van der Waals surface area contributed by atoms with Gasteiger partial charge in [-0.15, -0.1) is 0 Å². The van der Waals surface area contributed by atoms with Crippen molar-refractivity contribution < 1.29 is 13.9 Å². The van der Waals surface area contributed by atoms with Gasteiger partial charge < -0.3 is 10.1 Å². The Bertz CT molecular complexity index is 584. The van der Waals surface area contributed by atoms with E-state index in [1.165, 1.54) is 6.07 Å². The number of anilines is 1. The van der Waals surface area contributed by atoms with Gasteiger partial charge in [-0.2, -0.15) is 0 Å². The molecule has 0 aliphatic heterocycles. The highest BCUT2D eigenvalue weighted by Gasteiger charge is 2.09. The number of rotatable bonds is 4. The lowest BCUT2D eigenvalue weighted by Gasteiger charge is -2.09. The van der Waals surface area contributed by atoms with Crippen molar-refractivity contribution in [2.24, 2.45) is 0 Å². The summed E-state index contributed by atoms with van der Waals surface area (Å²) in [5.74, 6) is -0.809. The highest BCUT2D eigenvalue weighted by atomic mass is 19.1. The minimum atomic E-state index is -0.429. The first-order chi connectivity index (χ1) is 9.18. The van der Waals surface area contributed by atoms with Gasteiger partial charge >= 0.3 is 5.97 Å². The SMILES string of the molecule is Cc1ccccc1C(=O)OCNc1ccccc1F. The molecular formula is C15H14FNO2. The number of hydrogen-bond donors (Lipinski definition) is 1. The second-order valence-corrected chi connectivity index (χ2v) is 4.05. The van der Waals surface area contributed by atoms with Crippen LogP contribution < -0.4 is 5.32 Å². The van der Waals surface area contributed by atoms with Gasteiger partial charge in [-0.25, -0.2) is 9.18 Å². The van der Waals surface area contributed by atoms with Crippen molar-refractivity contribution in [1.82, 2.24) is 0 Å². The number of hydrogen-bond acceptors (Lipinski definition) is 3. The maximum atomic E-state index is 13.3. The van der Waals surface area contributed by atoms with Crippen LogP contribution in [0.3, 0.4) is 0 Å². The van der Waals surface area contributed by atoms with E-state index in [2.05, 4.69) is 5.32 Å². The molecule has 0 aliphatic carbocycles. The number of ether oxygens (including phenoxy) is 1. The Kier molecular flexibility index (Phi) is 4.13. The van der Waals surface area contributed by atoms with Gasteiger partial charge in [0.25, 0.3) is 0 Å². The standard InChI is InChI=1S/C15H14FNO2/c1-11-6-2-3-7-12(11)15(18)19-10-17-14-9-5-4-8-13(14)16/h2-9,17H,10H2,1H3. The van der Waals surface area contributed by atoms with Gasteiger partial charge in [0.05, 0.1) is 11.3 Å². The van der Waals surface area contributed by atoms with Crippen LogP contribution in [-0.2, 0) is 4.74 Å². The first-order valence-corrected chi connectivity index (χ1v) is 5.89. The summed E-state index contributed by atoms with van der Waals surface area (Å²) in [5, 5.41) is 2.71. The van der Waals surface area contributed by atoms with E-state index >= 15 is 0 Å². The van der Waals surface area contributed by atoms with Crippen LogP contribution >= 0.6 is 0 Å². The Morgan fingerprint density at radius 3 is 2.58 bits per heavy atom. The Morgan fingerprint density at radius 2 is 1.84 bits per heavy atom. The van der Waals surface area contributed by atoms with Gasteiger partial charge in [0, 0.05) is 0 Å². The van der Waals surface area contributed by atoms with Crippen molar-refractivity contribution in [2.75, 3.05) is 12.0 Å². The molecule has 0 radical (unpaired) electrons. The van der Waals surface area contributed by atoms with Crippen LogP contribution in [0.5, 0.6) is 0 Å². The molecule has 0 saturated carbocycles. The zero-order valence-electron chi connectivity index (χ0n) is 10.5. The second-order valence-electron chi connectivity index (χ2n) is 4.05. The lowest BCUT2D eigenvalue weighted by Crippen LogP contribution is -2.14. The molecule has 3 nitrogen and oxygen atoms in total. The van der Waals surface area contributed by atoms with E-state index in [1.807, 2.05) is 19.1 Å². The van der Waals surface area contributed by atoms with Crippen molar-refractivity contribution in [1.29, 1.82) is 0 Å². The molecule has 0 aliphatic rings. The Balaban J connectivity index is 1.92. The highest BCUT2D eigenvalue weighted by molar-refractivity contribution is 5.91. The third kappa shape index (κ3) is 3.31. The monoisotopic (exact) mass is 259 g/mol. The molecular weight excluding hydrogens is 245 g/mol. The molecule has 2 rings (SSSR count). The lowest BCUT2D eigenvalue weighted by atomic mass is 10.1. The molecule has 0 fully saturated rings. The average Bonchev–Trinajstić information content (AvgIpc) is 2.41. The summed E-state index contributed by atoms with van der Waals surface area (Å²) in [6.45, 7) is 1.76. The fraction of sp³-hybridized carbons (Fsp3) is 0.133. The molecule has 19 heavy (non-hydrogen) atoms. The van der Waals surface area contributed by atoms with Gasteiger partial charge in [0.1, 0.15) is 5.82 Å². The number of benzene rings is 2. The van der Waals surface area contributed by atoms with E-state index < -0.39 is 5.97 Å². The van der Waals surface area contributed by atoms with Crippen LogP contribution in [0.4, 0.5) is 10.1 Å². The van der Waals surface area contributed by atoms with Gasteiger partial charge in [-0.1, -0.05) is 30.3 Å². The Hall–Kier alpha value is -2.36. The minimum absolute atomic E-state index is 0.0753. The maximum absolute atomic E-state index is 13.3. The van der Waals surface area contributed by atoms with Crippen molar-refractivity contribution in [3.8, 4) is 0 Å². The fourth-order valence-corrected chi connectivity index (χ4v) is 1.66. The van der Waals surface area contributed by atoms with Crippen LogP contribution in [0.15, 0.2) is 48.5 Å². The molecule has 0 spiro atoms. The smallest absolute Gasteiger partial charge is 0.340 e. The summed E-state index contributed by atoms with van der Waals surface area (Å²) in [6, 6.07) is 13.4. The Morgan fingerprint density at radius 1 is 1.16 bits per heavy atom. The van der Waals surface area contributed by atoms with Crippen molar-refractivity contribution in [3.63, 3.8) is 0 Å². The summed E-state index contributed by atoms with van der Waals surface area (Å²) < 4.78 is 18.3. The summed E-state index contributed by atoms with van der Waals surface area (Å²) in [5.41, 5.74) is 1.66. The molecule has 98 valence electrons. The lowest BCUT2D eigenvalue weighted by molar-refractivity contribution is 0.0532. The van der Waals surface area contributed by atoms with Crippen LogP contribution in [0.2, 0.25) is 0 Å². The van der Waals surface area contributed by atoms with E-state index in [4.69, 9.17) is 4.74 Å². The number of carbonyl (C=O) groups excluding carboxylic acids is 1. The molecule has 2 aromatic rings. The second kappa shape index (κ2) is 6.00. The Labute approximate surface area is 111 Å². The molecule has 0 aromatic heterocycles. The highest BCUT2D eigenvalue weighted by Crippen LogP contribution is 2.12. The summed E-state index contributed by atoms with van der Waals surface area (Å²) in [6.07, 6.45) is 0. The molecule has 0 bridgehead atoms. The zero-order valence-corrected chi connectivity index (χ0v) is 10.5. The predicted octanol–water partition coefficient (Wildman–Crippen LogP) is 3.36. The van der Waals surface area contributed by atoms with Gasteiger partial charge in [0.15, 0.2) is 6.73 Å². The first kappa shape index (κ1) is 13.1. The molecule has 4 heteroatoms. The summed E-state index contributed by atoms with van der Waals surface area (Å²) >= 11 is 0. The number of nitrogens with one attached hydrogen (secondary N) is 1. The van der Waals surface area contributed by atoms with Crippen molar-refractivity contribution >= 4 is 11.7 Å². The molecule has 0 heterocycles. The average molecular weight is 259 g/mol. The molecule has 2 aromatic carbocycles. The number of esters is 1. The molecule has 1 N–H and O–H groups in total. The van der Waals surface area contributed by atoms with Crippen molar-refractivity contribution in [2.45, 2.75) is 6.92 Å².